The highest BCUT2D eigenvalue weighted by atomic mass is 16.3. The lowest BCUT2D eigenvalue weighted by Gasteiger charge is -2.12. The lowest BCUT2D eigenvalue weighted by molar-refractivity contribution is 0.268. The number of nitrogens with two attached hydrogens (primary N) is 1. The first kappa shape index (κ1) is 9.18. The van der Waals surface area contributed by atoms with E-state index in [9.17, 15) is 0 Å². The molecule has 1 heterocycles. The molecule has 1 aromatic heterocycles. The molecule has 0 saturated heterocycles. The maximum atomic E-state index is 9.16. The predicted octanol–water partition coefficient (Wildman–Crippen LogP) is 0.597. The summed E-state index contributed by atoms with van der Waals surface area (Å²) in [4.78, 5) is 0. The normalized spacial score (nSPS) is 13.3. The Labute approximate surface area is 81.7 Å². The minimum absolute atomic E-state index is 0.0147. The maximum absolute atomic E-state index is 9.16. The molecule has 4 N–H and O–H groups in total. The molecule has 2 rings (SSSR count). The van der Waals surface area contributed by atoms with Crippen LogP contribution in [0, 0.1) is 0 Å². The summed E-state index contributed by atoms with van der Waals surface area (Å²) in [5, 5.41) is 17.1. The summed E-state index contributed by atoms with van der Waals surface area (Å²) in [5.74, 6) is -0.0147. The van der Waals surface area contributed by atoms with Gasteiger partial charge >= 0.3 is 0 Å². The summed E-state index contributed by atoms with van der Waals surface area (Å²) < 4.78 is 0. The van der Waals surface area contributed by atoms with Gasteiger partial charge in [-0.1, -0.05) is 18.2 Å². The third-order valence-corrected chi connectivity index (χ3v) is 2.45. The summed E-state index contributed by atoms with van der Waals surface area (Å²) in [6.07, 6.45) is 1.77. The molecule has 14 heavy (non-hydrogen) atoms. The molecule has 0 fully saturated rings. The van der Waals surface area contributed by atoms with Gasteiger partial charge in [0.15, 0.2) is 0 Å². The van der Waals surface area contributed by atoms with Crippen molar-refractivity contribution in [2.45, 2.75) is 5.92 Å². The molecule has 0 amide bonds. The standard InChI is InChI=1S/C10H13N3O/c11-4-8(6-14)9-3-1-2-7-5-12-13-10(7)9/h1-3,5,8,14H,4,6,11H2,(H,12,13). The summed E-state index contributed by atoms with van der Waals surface area (Å²) >= 11 is 0. The minimum Gasteiger partial charge on any atom is -0.396 e. The quantitative estimate of drug-likeness (QED) is 0.665. The van der Waals surface area contributed by atoms with Crippen molar-refractivity contribution in [1.29, 1.82) is 0 Å². The largest absolute Gasteiger partial charge is 0.396 e. The highest BCUT2D eigenvalue weighted by Gasteiger charge is 2.12. The molecule has 2 aromatic rings. The van der Waals surface area contributed by atoms with Crippen molar-refractivity contribution >= 4 is 10.9 Å². The number of aromatic nitrogens is 2. The van der Waals surface area contributed by atoms with Gasteiger partial charge in [-0.05, 0) is 5.56 Å². The van der Waals surface area contributed by atoms with E-state index in [1.807, 2.05) is 18.2 Å². The van der Waals surface area contributed by atoms with E-state index < -0.39 is 0 Å². The van der Waals surface area contributed by atoms with Crippen LogP contribution in [0.5, 0.6) is 0 Å². The Morgan fingerprint density at radius 1 is 1.50 bits per heavy atom. The second-order valence-electron chi connectivity index (χ2n) is 3.30. The van der Waals surface area contributed by atoms with E-state index in [-0.39, 0.29) is 12.5 Å². The van der Waals surface area contributed by atoms with Crippen LogP contribution in [0.4, 0.5) is 0 Å². The van der Waals surface area contributed by atoms with Gasteiger partial charge in [0, 0.05) is 17.8 Å². The molecule has 1 atom stereocenters. The number of H-pyrrole nitrogens is 1. The maximum Gasteiger partial charge on any atom is 0.0686 e. The molecule has 74 valence electrons. The van der Waals surface area contributed by atoms with Gasteiger partial charge in [-0.15, -0.1) is 0 Å². The Morgan fingerprint density at radius 2 is 2.36 bits per heavy atom. The van der Waals surface area contributed by atoms with Crippen LogP contribution in [-0.4, -0.2) is 28.5 Å². The van der Waals surface area contributed by atoms with Crippen LogP contribution < -0.4 is 5.73 Å². The fourth-order valence-electron chi connectivity index (χ4n) is 1.63. The Bertz CT molecular complexity index is 420. The average Bonchev–Trinajstić information content (AvgIpc) is 2.68. The smallest absolute Gasteiger partial charge is 0.0686 e. The lowest BCUT2D eigenvalue weighted by Crippen LogP contribution is -2.16. The minimum atomic E-state index is -0.0147. The van der Waals surface area contributed by atoms with Gasteiger partial charge in [0.1, 0.15) is 0 Å². The van der Waals surface area contributed by atoms with E-state index in [1.165, 1.54) is 0 Å². The number of fused-ring (bicyclic) bond motifs is 1. The zero-order valence-corrected chi connectivity index (χ0v) is 7.77. The zero-order chi connectivity index (χ0) is 9.97. The van der Waals surface area contributed by atoms with E-state index in [1.54, 1.807) is 6.20 Å². The molecule has 0 saturated carbocycles. The second-order valence-corrected chi connectivity index (χ2v) is 3.30. The van der Waals surface area contributed by atoms with E-state index in [0.717, 1.165) is 16.5 Å². The first-order chi connectivity index (χ1) is 6.86. The van der Waals surface area contributed by atoms with Crippen molar-refractivity contribution in [2.75, 3.05) is 13.2 Å². The van der Waals surface area contributed by atoms with Gasteiger partial charge in [-0.3, -0.25) is 5.10 Å². The van der Waals surface area contributed by atoms with Gasteiger partial charge in [0.25, 0.3) is 0 Å². The number of benzene rings is 1. The molecule has 0 spiro atoms. The zero-order valence-electron chi connectivity index (χ0n) is 7.77. The van der Waals surface area contributed by atoms with Crippen LogP contribution in [0.2, 0.25) is 0 Å². The topological polar surface area (TPSA) is 74.9 Å². The van der Waals surface area contributed by atoms with Crippen molar-refractivity contribution in [1.82, 2.24) is 10.2 Å². The highest BCUT2D eigenvalue weighted by Crippen LogP contribution is 2.22. The molecule has 1 unspecified atom stereocenters. The van der Waals surface area contributed by atoms with Gasteiger partial charge in [0.05, 0.1) is 18.3 Å². The molecule has 0 aliphatic carbocycles. The van der Waals surface area contributed by atoms with Crippen LogP contribution in [0.3, 0.4) is 0 Å². The lowest BCUT2D eigenvalue weighted by atomic mass is 9.98. The Morgan fingerprint density at radius 3 is 3.07 bits per heavy atom. The number of nitrogens with zero attached hydrogens (tertiary/aromatic N) is 1. The molecule has 0 radical (unpaired) electrons. The van der Waals surface area contributed by atoms with Crippen molar-refractivity contribution < 1.29 is 5.11 Å². The van der Waals surface area contributed by atoms with Crippen LogP contribution in [0.25, 0.3) is 10.9 Å². The summed E-state index contributed by atoms with van der Waals surface area (Å²) in [7, 11) is 0. The number of nitrogens with one attached hydrogen (secondary N) is 1. The molecule has 0 aliphatic rings. The van der Waals surface area contributed by atoms with Crippen LogP contribution in [-0.2, 0) is 0 Å². The Hall–Kier alpha value is -1.39. The van der Waals surface area contributed by atoms with Crippen molar-refractivity contribution in [3.8, 4) is 0 Å². The number of aliphatic hydroxyl groups is 1. The summed E-state index contributed by atoms with van der Waals surface area (Å²) in [6, 6.07) is 5.90. The van der Waals surface area contributed by atoms with Gasteiger partial charge < -0.3 is 10.8 Å². The van der Waals surface area contributed by atoms with E-state index in [4.69, 9.17) is 10.8 Å². The number of hydrogen-bond donors (Lipinski definition) is 3. The highest BCUT2D eigenvalue weighted by molar-refractivity contribution is 5.81. The van der Waals surface area contributed by atoms with Gasteiger partial charge in [-0.2, -0.15) is 5.10 Å². The van der Waals surface area contributed by atoms with Crippen molar-refractivity contribution in [2.24, 2.45) is 5.73 Å². The SMILES string of the molecule is NCC(CO)c1cccc2cn[nH]c12. The number of hydrogen-bond acceptors (Lipinski definition) is 3. The number of rotatable bonds is 3. The number of aliphatic hydroxyl groups excluding tert-OH is 1. The fourth-order valence-corrected chi connectivity index (χ4v) is 1.63. The Balaban J connectivity index is 2.54. The van der Waals surface area contributed by atoms with Gasteiger partial charge in [0.2, 0.25) is 0 Å². The molecule has 0 aliphatic heterocycles. The Kier molecular flexibility index (Phi) is 2.47. The van der Waals surface area contributed by atoms with Gasteiger partial charge in [-0.25, -0.2) is 0 Å². The number of aromatic amines is 1. The third kappa shape index (κ3) is 1.38. The van der Waals surface area contributed by atoms with Crippen LogP contribution >= 0.6 is 0 Å². The van der Waals surface area contributed by atoms with Crippen LogP contribution in [0.15, 0.2) is 24.4 Å². The molecular formula is C10H13N3O. The fraction of sp³-hybridized carbons (Fsp3) is 0.300. The first-order valence-electron chi connectivity index (χ1n) is 4.59. The van der Waals surface area contributed by atoms with Crippen molar-refractivity contribution in [3.05, 3.63) is 30.0 Å². The van der Waals surface area contributed by atoms with Crippen molar-refractivity contribution in [3.63, 3.8) is 0 Å². The molecule has 4 nitrogen and oxygen atoms in total. The summed E-state index contributed by atoms with van der Waals surface area (Å²) in [6.45, 7) is 0.503. The molecule has 1 aromatic carbocycles. The molecular weight excluding hydrogens is 178 g/mol. The van der Waals surface area contributed by atoms with E-state index in [2.05, 4.69) is 10.2 Å². The monoisotopic (exact) mass is 191 g/mol. The van der Waals surface area contributed by atoms with Crippen LogP contribution in [0.1, 0.15) is 11.5 Å². The first-order valence-corrected chi connectivity index (χ1v) is 4.59. The second kappa shape index (κ2) is 3.77. The van der Waals surface area contributed by atoms with E-state index in [0.29, 0.717) is 6.54 Å². The third-order valence-electron chi connectivity index (χ3n) is 2.45. The average molecular weight is 191 g/mol. The van der Waals surface area contributed by atoms with E-state index >= 15 is 0 Å². The predicted molar refractivity (Wildman–Crippen MR) is 55.0 cm³/mol. The number of para-hydroxylation sites is 1. The molecule has 0 bridgehead atoms. The molecule has 4 heteroatoms. The summed E-state index contributed by atoms with van der Waals surface area (Å²) in [5.41, 5.74) is 7.58.